The molecule has 5 rings (SSSR count). The van der Waals surface area contributed by atoms with Crippen molar-refractivity contribution in [1.82, 2.24) is 9.80 Å². The Morgan fingerprint density at radius 2 is 1.80 bits per heavy atom. The predicted molar refractivity (Wildman–Crippen MR) is 159 cm³/mol. The first-order chi connectivity index (χ1) is 19.9. The second-order valence-corrected chi connectivity index (χ2v) is 10.7. The van der Waals surface area contributed by atoms with E-state index in [4.69, 9.17) is 9.47 Å². The lowest BCUT2D eigenvalue weighted by Crippen LogP contribution is -2.33. The molecule has 3 aromatic carbocycles. The highest BCUT2D eigenvalue weighted by atomic mass is 16.5. The van der Waals surface area contributed by atoms with Crippen LogP contribution in [0.3, 0.4) is 0 Å². The van der Waals surface area contributed by atoms with Crippen LogP contribution in [0, 0.1) is 0 Å². The lowest BCUT2D eigenvalue weighted by molar-refractivity contribution is -0.140. The van der Waals surface area contributed by atoms with Crippen LogP contribution in [0.5, 0.6) is 11.5 Å². The Kier molecular flexibility index (Phi) is 8.74. The number of likely N-dealkylation sites (tertiary alicyclic amines) is 1. The van der Waals surface area contributed by atoms with E-state index >= 15 is 0 Å². The van der Waals surface area contributed by atoms with Crippen LogP contribution < -0.4 is 9.47 Å². The Balaban J connectivity index is 1.50. The largest absolute Gasteiger partial charge is 0.507 e. The van der Waals surface area contributed by atoms with Gasteiger partial charge in [0.05, 0.1) is 11.6 Å². The molecule has 2 atom stereocenters. The zero-order valence-electron chi connectivity index (χ0n) is 24.0. The number of ketones is 1. The molecule has 0 aromatic heterocycles. The first kappa shape index (κ1) is 28.4. The number of hydrogen-bond donors (Lipinski definition) is 1. The number of rotatable bonds is 11. The summed E-state index contributed by atoms with van der Waals surface area (Å²) in [7, 11) is 0. The molecule has 3 aromatic rings. The third-order valence-corrected chi connectivity index (χ3v) is 7.90. The van der Waals surface area contributed by atoms with Crippen LogP contribution >= 0.6 is 0 Å². The van der Waals surface area contributed by atoms with E-state index in [9.17, 15) is 14.7 Å². The number of benzene rings is 3. The summed E-state index contributed by atoms with van der Waals surface area (Å²) in [6.45, 7) is 9.65. The van der Waals surface area contributed by atoms with Gasteiger partial charge in [0.25, 0.3) is 11.7 Å². The Bertz CT molecular complexity index is 1430. The van der Waals surface area contributed by atoms with Crippen molar-refractivity contribution in [3.05, 3.63) is 101 Å². The average molecular weight is 555 g/mol. The van der Waals surface area contributed by atoms with E-state index in [1.54, 1.807) is 11.0 Å². The fourth-order valence-corrected chi connectivity index (χ4v) is 5.70. The molecule has 2 heterocycles. The predicted octanol–water partition coefficient (Wildman–Crippen LogP) is 5.74. The molecule has 214 valence electrons. The summed E-state index contributed by atoms with van der Waals surface area (Å²) >= 11 is 0. The monoisotopic (exact) mass is 554 g/mol. The van der Waals surface area contributed by atoms with Gasteiger partial charge in [0.15, 0.2) is 0 Å². The van der Waals surface area contributed by atoms with Crippen LogP contribution in [-0.2, 0) is 22.6 Å². The number of ether oxygens (including phenoxy) is 2. The number of amides is 1. The van der Waals surface area contributed by atoms with E-state index in [1.807, 2.05) is 73.7 Å². The second kappa shape index (κ2) is 12.6. The van der Waals surface area contributed by atoms with Gasteiger partial charge in [-0.05, 0) is 80.0 Å². The maximum Gasteiger partial charge on any atom is 0.295 e. The van der Waals surface area contributed by atoms with Crippen LogP contribution in [0.1, 0.15) is 55.5 Å². The molecule has 1 N–H and O–H groups in total. The summed E-state index contributed by atoms with van der Waals surface area (Å²) in [5.41, 5.74) is 3.34. The first-order valence-corrected chi connectivity index (χ1v) is 14.5. The topological polar surface area (TPSA) is 79.3 Å². The van der Waals surface area contributed by atoms with Crippen LogP contribution in [0.15, 0.2) is 78.4 Å². The van der Waals surface area contributed by atoms with Crippen molar-refractivity contribution in [3.63, 3.8) is 0 Å². The molecule has 0 unspecified atom stereocenters. The number of aliphatic hydroxyl groups is 1. The van der Waals surface area contributed by atoms with Crippen LogP contribution in [0.4, 0.5) is 0 Å². The third-order valence-electron chi connectivity index (χ3n) is 7.90. The molecule has 0 bridgehead atoms. The zero-order valence-corrected chi connectivity index (χ0v) is 24.0. The van der Waals surface area contributed by atoms with Crippen molar-refractivity contribution in [1.29, 1.82) is 0 Å². The van der Waals surface area contributed by atoms with Gasteiger partial charge in [-0.15, -0.1) is 0 Å². The van der Waals surface area contributed by atoms with E-state index < -0.39 is 17.7 Å². The minimum absolute atomic E-state index is 0.0532. The smallest absolute Gasteiger partial charge is 0.295 e. The van der Waals surface area contributed by atoms with Gasteiger partial charge in [-0.2, -0.15) is 0 Å². The zero-order chi connectivity index (χ0) is 28.9. The summed E-state index contributed by atoms with van der Waals surface area (Å²) in [6, 6.07) is 22.1. The Morgan fingerprint density at radius 1 is 1.02 bits per heavy atom. The molecule has 7 heteroatoms. The standard InChI is InChI=1S/C34H38N2O5/c1-4-35(5-2)17-10-18-36-31(25-13-9-14-28(21-25)40-22-24-11-7-6-8-12-24)30(33(38)34(36)39)32(37)26-15-16-29-27(20-26)19-23(3)41-29/h6-9,11-16,20-21,23,31,37H,4-5,10,17-19,22H2,1-3H3/t23-,31+/m0/s1. The van der Waals surface area contributed by atoms with Gasteiger partial charge in [0.1, 0.15) is 30.0 Å². The van der Waals surface area contributed by atoms with Crippen molar-refractivity contribution >= 4 is 17.4 Å². The summed E-state index contributed by atoms with van der Waals surface area (Å²) < 4.78 is 11.9. The van der Waals surface area contributed by atoms with Gasteiger partial charge in [-0.1, -0.05) is 56.3 Å². The lowest BCUT2D eigenvalue weighted by atomic mass is 9.94. The molecular weight excluding hydrogens is 516 g/mol. The average Bonchev–Trinajstić information content (AvgIpc) is 3.49. The molecule has 41 heavy (non-hydrogen) atoms. The molecular formula is C34H38N2O5. The van der Waals surface area contributed by atoms with Crippen molar-refractivity contribution in [2.45, 2.75) is 52.4 Å². The Labute approximate surface area is 242 Å². The van der Waals surface area contributed by atoms with Crippen LogP contribution in [0.25, 0.3) is 5.76 Å². The summed E-state index contributed by atoms with van der Waals surface area (Å²) in [5, 5.41) is 11.6. The molecule has 0 radical (unpaired) electrons. The van der Waals surface area contributed by atoms with E-state index in [-0.39, 0.29) is 17.4 Å². The number of fused-ring (bicyclic) bond motifs is 1. The molecule has 0 saturated carbocycles. The van der Waals surface area contributed by atoms with E-state index in [2.05, 4.69) is 18.7 Å². The number of Topliss-reactive ketones (excluding diaryl/α,β-unsaturated/α-hetero) is 1. The number of carbonyl (C=O) groups is 2. The normalized spacial score (nSPS) is 19.5. The van der Waals surface area contributed by atoms with Crippen molar-refractivity contribution in [2.75, 3.05) is 26.2 Å². The highest BCUT2D eigenvalue weighted by molar-refractivity contribution is 6.46. The van der Waals surface area contributed by atoms with E-state index in [0.717, 1.165) is 48.5 Å². The first-order valence-electron chi connectivity index (χ1n) is 14.5. The molecule has 0 aliphatic carbocycles. The molecule has 2 aliphatic rings. The highest BCUT2D eigenvalue weighted by Crippen LogP contribution is 2.41. The Hall–Kier alpha value is -4.10. The summed E-state index contributed by atoms with van der Waals surface area (Å²) in [6.07, 6.45) is 1.49. The molecule has 1 saturated heterocycles. The number of nitrogens with zero attached hydrogens (tertiary/aromatic N) is 2. The summed E-state index contributed by atoms with van der Waals surface area (Å²) in [4.78, 5) is 30.9. The fourth-order valence-electron chi connectivity index (χ4n) is 5.70. The van der Waals surface area contributed by atoms with Gasteiger partial charge in [0, 0.05) is 18.5 Å². The van der Waals surface area contributed by atoms with Crippen molar-refractivity contribution in [3.8, 4) is 11.5 Å². The van der Waals surface area contributed by atoms with Gasteiger partial charge < -0.3 is 24.4 Å². The fraction of sp³-hybridized carbons (Fsp3) is 0.353. The molecule has 0 spiro atoms. The number of aliphatic hydroxyl groups excluding tert-OH is 1. The molecule has 1 amide bonds. The minimum atomic E-state index is -0.726. The van der Waals surface area contributed by atoms with Crippen LogP contribution in [0.2, 0.25) is 0 Å². The van der Waals surface area contributed by atoms with Gasteiger partial charge in [-0.25, -0.2) is 0 Å². The number of hydrogen-bond acceptors (Lipinski definition) is 6. The van der Waals surface area contributed by atoms with Gasteiger partial charge >= 0.3 is 0 Å². The molecule has 2 aliphatic heterocycles. The van der Waals surface area contributed by atoms with Crippen molar-refractivity contribution in [2.24, 2.45) is 0 Å². The van der Waals surface area contributed by atoms with Gasteiger partial charge in [0.2, 0.25) is 0 Å². The maximum atomic E-state index is 13.5. The van der Waals surface area contributed by atoms with E-state index in [1.165, 1.54) is 0 Å². The lowest BCUT2D eigenvalue weighted by Gasteiger charge is -2.27. The third kappa shape index (κ3) is 6.15. The van der Waals surface area contributed by atoms with Crippen LogP contribution in [-0.4, -0.2) is 58.9 Å². The number of carbonyl (C=O) groups excluding carboxylic acids is 2. The van der Waals surface area contributed by atoms with Gasteiger partial charge in [-0.3, -0.25) is 9.59 Å². The highest BCUT2D eigenvalue weighted by Gasteiger charge is 2.46. The summed E-state index contributed by atoms with van der Waals surface area (Å²) in [5.74, 6) is -0.0205. The van der Waals surface area contributed by atoms with Crippen molar-refractivity contribution < 1.29 is 24.2 Å². The molecule has 1 fully saturated rings. The quantitative estimate of drug-likeness (QED) is 0.185. The molecule has 7 nitrogen and oxygen atoms in total. The minimum Gasteiger partial charge on any atom is -0.507 e. The maximum absolute atomic E-state index is 13.5. The second-order valence-electron chi connectivity index (χ2n) is 10.7. The van der Waals surface area contributed by atoms with E-state index in [0.29, 0.717) is 30.9 Å². The Morgan fingerprint density at radius 3 is 2.56 bits per heavy atom. The SMILES string of the molecule is CCN(CC)CCCN1C(=O)C(=O)C(=C(O)c2ccc3c(c2)C[C@H](C)O3)[C@H]1c1cccc(OCc2ccccc2)c1.